The summed E-state index contributed by atoms with van der Waals surface area (Å²) >= 11 is 0. The van der Waals surface area contributed by atoms with Gasteiger partial charge in [0, 0.05) is 12.1 Å². The molecular weight excluding hydrogens is 242 g/mol. The molecule has 4 heteroatoms. The van der Waals surface area contributed by atoms with Crippen LogP contribution < -0.4 is 5.32 Å². The van der Waals surface area contributed by atoms with Crippen LogP contribution in [0.15, 0.2) is 18.2 Å². The number of aliphatic hydroxyl groups is 1. The molecule has 0 aliphatic heterocycles. The lowest BCUT2D eigenvalue weighted by molar-refractivity contribution is 0.0906. The lowest BCUT2D eigenvalue weighted by Crippen LogP contribution is -2.27. The Morgan fingerprint density at radius 1 is 1.26 bits per heavy atom. The summed E-state index contributed by atoms with van der Waals surface area (Å²) in [4.78, 5) is 12.0. The molecule has 1 aromatic rings. The van der Waals surface area contributed by atoms with E-state index < -0.39 is 0 Å². The van der Waals surface area contributed by atoms with Gasteiger partial charge in [-0.2, -0.15) is 0 Å². The Morgan fingerprint density at radius 2 is 2.11 bits per heavy atom. The van der Waals surface area contributed by atoms with Crippen LogP contribution in [0.25, 0.3) is 0 Å². The molecule has 19 heavy (non-hydrogen) atoms. The number of carbonyl (C=O) groups is 1. The number of Topliss-reactive ketones (excluding diaryl/α,β-unsaturated/α-hetero) is 1. The lowest BCUT2D eigenvalue weighted by Gasteiger charge is -2.06. The van der Waals surface area contributed by atoms with E-state index in [4.69, 9.17) is 9.84 Å². The Hall–Kier alpha value is -1.23. The second-order valence-electron chi connectivity index (χ2n) is 4.77. The van der Waals surface area contributed by atoms with E-state index in [0.29, 0.717) is 26.3 Å². The zero-order valence-electron chi connectivity index (χ0n) is 11.2. The molecule has 0 atom stereocenters. The molecular formula is C15H21NO3. The van der Waals surface area contributed by atoms with Crippen LogP contribution in [0.3, 0.4) is 0 Å². The van der Waals surface area contributed by atoms with Gasteiger partial charge in [-0.1, -0.05) is 12.1 Å². The van der Waals surface area contributed by atoms with E-state index in [1.165, 1.54) is 17.5 Å². The maximum atomic E-state index is 12.0. The molecule has 0 bridgehead atoms. The summed E-state index contributed by atoms with van der Waals surface area (Å²) in [5.74, 6) is 0.122. The molecule has 104 valence electrons. The molecule has 0 unspecified atom stereocenters. The van der Waals surface area contributed by atoms with E-state index in [-0.39, 0.29) is 12.4 Å². The topological polar surface area (TPSA) is 58.6 Å². The maximum Gasteiger partial charge on any atom is 0.176 e. The Balaban J connectivity index is 1.74. The molecule has 2 rings (SSSR count). The van der Waals surface area contributed by atoms with Gasteiger partial charge in [-0.05, 0) is 36.5 Å². The fourth-order valence-corrected chi connectivity index (χ4v) is 2.36. The molecule has 2 N–H and O–H groups in total. The highest BCUT2D eigenvalue weighted by atomic mass is 16.5. The number of ketones is 1. The monoisotopic (exact) mass is 263 g/mol. The maximum absolute atomic E-state index is 12.0. The number of rotatable bonds is 8. The number of benzene rings is 1. The van der Waals surface area contributed by atoms with Crippen LogP contribution in [0, 0.1) is 0 Å². The van der Waals surface area contributed by atoms with Crippen LogP contribution in [-0.4, -0.2) is 43.8 Å². The fourth-order valence-electron chi connectivity index (χ4n) is 2.36. The smallest absolute Gasteiger partial charge is 0.176 e. The van der Waals surface area contributed by atoms with Crippen molar-refractivity contribution in [2.75, 3.05) is 32.9 Å². The second kappa shape index (κ2) is 7.38. The normalized spacial score (nSPS) is 13.5. The lowest BCUT2D eigenvalue weighted by atomic mass is 10.0. The first-order valence-corrected chi connectivity index (χ1v) is 6.85. The van der Waals surface area contributed by atoms with Crippen LogP contribution in [0.2, 0.25) is 0 Å². The number of aryl methyl sites for hydroxylation is 2. The average Bonchev–Trinajstić information content (AvgIpc) is 2.89. The third-order valence-corrected chi connectivity index (χ3v) is 3.36. The van der Waals surface area contributed by atoms with Gasteiger partial charge in [0.1, 0.15) is 0 Å². The number of hydrogen-bond acceptors (Lipinski definition) is 4. The van der Waals surface area contributed by atoms with Gasteiger partial charge in [0.15, 0.2) is 5.78 Å². The number of hydrogen-bond donors (Lipinski definition) is 2. The number of nitrogens with one attached hydrogen (secondary N) is 1. The molecule has 0 saturated heterocycles. The van der Waals surface area contributed by atoms with Crippen molar-refractivity contribution in [3.63, 3.8) is 0 Å². The highest BCUT2D eigenvalue weighted by molar-refractivity contribution is 5.97. The summed E-state index contributed by atoms with van der Waals surface area (Å²) in [5, 5.41) is 11.6. The van der Waals surface area contributed by atoms with Crippen molar-refractivity contribution in [3.8, 4) is 0 Å². The quantitative estimate of drug-likeness (QED) is 0.542. The van der Waals surface area contributed by atoms with E-state index in [2.05, 4.69) is 11.4 Å². The third-order valence-electron chi connectivity index (χ3n) is 3.36. The van der Waals surface area contributed by atoms with Gasteiger partial charge < -0.3 is 15.2 Å². The molecule has 0 spiro atoms. The molecule has 0 amide bonds. The van der Waals surface area contributed by atoms with Crippen LogP contribution >= 0.6 is 0 Å². The van der Waals surface area contributed by atoms with Gasteiger partial charge in [0.2, 0.25) is 0 Å². The van der Waals surface area contributed by atoms with Gasteiger partial charge in [-0.3, -0.25) is 4.79 Å². The Kier molecular flexibility index (Phi) is 5.51. The van der Waals surface area contributed by atoms with Crippen molar-refractivity contribution in [1.82, 2.24) is 5.32 Å². The minimum atomic E-state index is 0.0358. The van der Waals surface area contributed by atoms with Crippen molar-refractivity contribution in [2.24, 2.45) is 0 Å². The first-order valence-electron chi connectivity index (χ1n) is 6.85. The summed E-state index contributed by atoms with van der Waals surface area (Å²) in [6.45, 7) is 1.85. The zero-order chi connectivity index (χ0) is 13.5. The second-order valence-corrected chi connectivity index (χ2v) is 4.77. The predicted molar refractivity (Wildman–Crippen MR) is 73.6 cm³/mol. The first kappa shape index (κ1) is 14.2. The molecule has 1 aliphatic carbocycles. The molecule has 0 fully saturated rings. The van der Waals surface area contributed by atoms with E-state index in [1.807, 2.05) is 12.1 Å². The van der Waals surface area contributed by atoms with Crippen molar-refractivity contribution < 1.29 is 14.6 Å². The van der Waals surface area contributed by atoms with Crippen molar-refractivity contribution in [1.29, 1.82) is 0 Å². The highest BCUT2D eigenvalue weighted by Gasteiger charge is 2.13. The molecule has 1 aromatic carbocycles. The van der Waals surface area contributed by atoms with Crippen molar-refractivity contribution in [3.05, 3.63) is 34.9 Å². The van der Waals surface area contributed by atoms with Crippen LogP contribution in [0.4, 0.5) is 0 Å². The van der Waals surface area contributed by atoms with Crippen LogP contribution in [0.5, 0.6) is 0 Å². The molecule has 1 aliphatic rings. The van der Waals surface area contributed by atoms with Crippen molar-refractivity contribution >= 4 is 5.78 Å². The van der Waals surface area contributed by atoms with Gasteiger partial charge >= 0.3 is 0 Å². The van der Waals surface area contributed by atoms with Gasteiger partial charge in [-0.15, -0.1) is 0 Å². The van der Waals surface area contributed by atoms with E-state index in [9.17, 15) is 4.79 Å². The summed E-state index contributed by atoms with van der Waals surface area (Å²) in [6.07, 6.45) is 3.44. The molecule has 0 saturated carbocycles. The Bertz CT molecular complexity index is 431. The first-order chi connectivity index (χ1) is 9.31. The van der Waals surface area contributed by atoms with E-state index in [0.717, 1.165) is 18.4 Å². The summed E-state index contributed by atoms with van der Waals surface area (Å²) in [7, 11) is 0. The SMILES string of the molecule is O=C(CNCCOCCO)c1ccc2c(c1)CCC2. The van der Waals surface area contributed by atoms with Gasteiger partial charge in [0.05, 0.1) is 26.4 Å². The molecule has 0 heterocycles. The average molecular weight is 263 g/mol. The Morgan fingerprint density at radius 3 is 2.95 bits per heavy atom. The number of fused-ring (bicyclic) bond motifs is 1. The van der Waals surface area contributed by atoms with Crippen LogP contribution in [0.1, 0.15) is 27.9 Å². The minimum absolute atomic E-state index is 0.0358. The van der Waals surface area contributed by atoms with E-state index >= 15 is 0 Å². The third kappa shape index (κ3) is 4.13. The fraction of sp³-hybridized carbons (Fsp3) is 0.533. The molecule has 0 aromatic heterocycles. The zero-order valence-corrected chi connectivity index (χ0v) is 11.2. The minimum Gasteiger partial charge on any atom is -0.394 e. The van der Waals surface area contributed by atoms with E-state index in [1.54, 1.807) is 0 Å². The van der Waals surface area contributed by atoms with Gasteiger partial charge in [0.25, 0.3) is 0 Å². The Labute approximate surface area is 113 Å². The summed E-state index contributed by atoms with van der Waals surface area (Å²) in [5.41, 5.74) is 3.52. The highest BCUT2D eigenvalue weighted by Crippen LogP contribution is 2.22. The number of ether oxygens (including phenoxy) is 1. The summed E-state index contributed by atoms with van der Waals surface area (Å²) in [6, 6.07) is 6.05. The standard InChI is InChI=1S/C15H21NO3/c17-7-9-19-8-6-16-11-15(18)14-5-4-12-2-1-3-13(12)10-14/h4-5,10,16-17H,1-3,6-9,11H2. The summed E-state index contributed by atoms with van der Waals surface area (Å²) < 4.78 is 5.11. The number of carbonyl (C=O) groups excluding carboxylic acids is 1. The molecule has 0 radical (unpaired) electrons. The number of aliphatic hydroxyl groups excluding tert-OH is 1. The largest absolute Gasteiger partial charge is 0.394 e. The van der Waals surface area contributed by atoms with Crippen molar-refractivity contribution in [2.45, 2.75) is 19.3 Å². The van der Waals surface area contributed by atoms with Crippen LogP contribution in [-0.2, 0) is 17.6 Å². The molecule has 4 nitrogen and oxygen atoms in total. The predicted octanol–water partition coefficient (Wildman–Crippen LogP) is 0.956. The van der Waals surface area contributed by atoms with Gasteiger partial charge in [-0.25, -0.2) is 0 Å².